The van der Waals surface area contributed by atoms with Crippen LogP contribution >= 0.6 is 0 Å². The van der Waals surface area contributed by atoms with Gasteiger partial charge >= 0.3 is 6.09 Å². The number of amides is 1. The third-order valence-corrected chi connectivity index (χ3v) is 3.53. The standard InChI is InChI=1S/C15H25N3O2/c1-15(2,3)20-14(19)17-13-6-4-5-12(9-13)10-18-8-7-16-11-18/h7-8,11-13H,4-6,9-10H2,1-3H3,(H,17,19)/t12-,13+/m1/s1. The Kier molecular flexibility index (Phi) is 4.68. The largest absolute Gasteiger partial charge is 0.444 e. The minimum absolute atomic E-state index is 0.229. The number of rotatable bonds is 3. The highest BCUT2D eigenvalue weighted by Crippen LogP contribution is 2.26. The van der Waals surface area contributed by atoms with Gasteiger partial charge in [0.05, 0.1) is 6.33 Å². The lowest BCUT2D eigenvalue weighted by atomic mass is 9.85. The Bertz CT molecular complexity index is 423. The molecule has 0 bridgehead atoms. The average Bonchev–Trinajstić information content (AvgIpc) is 2.79. The van der Waals surface area contributed by atoms with E-state index in [4.69, 9.17) is 4.74 Å². The molecule has 0 spiro atoms. The van der Waals surface area contributed by atoms with E-state index < -0.39 is 5.60 Å². The van der Waals surface area contributed by atoms with Crippen molar-refractivity contribution in [2.24, 2.45) is 5.92 Å². The van der Waals surface area contributed by atoms with Crippen molar-refractivity contribution in [2.45, 2.75) is 64.6 Å². The Morgan fingerprint density at radius 2 is 2.25 bits per heavy atom. The number of aromatic nitrogens is 2. The smallest absolute Gasteiger partial charge is 0.407 e. The molecule has 2 atom stereocenters. The molecule has 1 aliphatic carbocycles. The molecule has 20 heavy (non-hydrogen) atoms. The maximum Gasteiger partial charge on any atom is 0.407 e. The molecule has 0 aromatic carbocycles. The molecule has 1 aromatic rings. The average molecular weight is 279 g/mol. The summed E-state index contributed by atoms with van der Waals surface area (Å²) in [5.41, 5.74) is -0.436. The van der Waals surface area contributed by atoms with E-state index in [0.29, 0.717) is 5.92 Å². The summed E-state index contributed by atoms with van der Waals surface area (Å²) in [7, 11) is 0. The molecule has 1 saturated carbocycles. The number of alkyl carbamates (subject to hydrolysis) is 1. The maximum absolute atomic E-state index is 11.8. The molecule has 0 unspecified atom stereocenters. The third kappa shape index (κ3) is 4.87. The zero-order valence-corrected chi connectivity index (χ0v) is 12.6. The van der Waals surface area contributed by atoms with Gasteiger partial charge in [-0.2, -0.15) is 0 Å². The minimum atomic E-state index is -0.436. The van der Waals surface area contributed by atoms with E-state index in [1.165, 1.54) is 6.42 Å². The van der Waals surface area contributed by atoms with Crippen LogP contribution in [0.4, 0.5) is 4.79 Å². The SMILES string of the molecule is CC(C)(C)OC(=O)N[C@H]1CCC[C@@H](Cn2ccnc2)C1. The van der Waals surface area contributed by atoms with E-state index in [1.807, 2.05) is 33.3 Å². The number of imidazole rings is 1. The van der Waals surface area contributed by atoms with Gasteiger partial charge in [0.1, 0.15) is 5.60 Å². The first-order chi connectivity index (χ1) is 9.42. The van der Waals surface area contributed by atoms with Crippen LogP contribution in [0.3, 0.4) is 0 Å². The van der Waals surface area contributed by atoms with Crippen LogP contribution in [0.1, 0.15) is 46.5 Å². The Balaban J connectivity index is 1.80. The number of carbonyl (C=O) groups excluding carboxylic acids is 1. The lowest BCUT2D eigenvalue weighted by Crippen LogP contribution is -2.41. The molecule has 1 heterocycles. The predicted octanol–water partition coefficient (Wildman–Crippen LogP) is 2.97. The first-order valence-electron chi connectivity index (χ1n) is 7.37. The van der Waals surface area contributed by atoms with Gasteiger partial charge in [-0.25, -0.2) is 9.78 Å². The fourth-order valence-corrected chi connectivity index (χ4v) is 2.76. The number of hydrogen-bond donors (Lipinski definition) is 1. The topological polar surface area (TPSA) is 56.1 Å². The minimum Gasteiger partial charge on any atom is -0.444 e. The summed E-state index contributed by atoms with van der Waals surface area (Å²) in [6.07, 6.45) is 9.77. The molecule has 1 N–H and O–H groups in total. The van der Waals surface area contributed by atoms with Crippen molar-refractivity contribution in [1.82, 2.24) is 14.9 Å². The van der Waals surface area contributed by atoms with Gasteiger partial charge in [0, 0.05) is 25.0 Å². The summed E-state index contributed by atoms with van der Waals surface area (Å²) in [6.45, 7) is 6.63. The molecule has 5 heteroatoms. The van der Waals surface area contributed by atoms with Crippen LogP contribution < -0.4 is 5.32 Å². The van der Waals surface area contributed by atoms with Crippen molar-refractivity contribution in [1.29, 1.82) is 0 Å². The fraction of sp³-hybridized carbons (Fsp3) is 0.733. The number of hydrogen-bond acceptors (Lipinski definition) is 3. The Morgan fingerprint density at radius 3 is 2.90 bits per heavy atom. The predicted molar refractivity (Wildman–Crippen MR) is 77.3 cm³/mol. The molecular weight excluding hydrogens is 254 g/mol. The van der Waals surface area contributed by atoms with Crippen LogP contribution in [-0.2, 0) is 11.3 Å². The monoisotopic (exact) mass is 279 g/mol. The van der Waals surface area contributed by atoms with E-state index in [1.54, 1.807) is 6.20 Å². The van der Waals surface area contributed by atoms with Crippen LogP contribution in [-0.4, -0.2) is 27.3 Å². The normalized spacial score (nSPS) is 23.4. The summed E-state index contributed by atoms with van der Waals surface area (Å²) >= 11 is 0. The maximum atomic E-state index is 11.8. The van der Waals surface area contributed by atoms with Gasteiger partial charge in [0.2, 0.25) is 0 Å². The van der Waals surface area contributed by atoms with Crippen LogP contribution in [0.2, 0.25) is 0 Å². The van der Waals surface area contributed by atoms with Crippen molar-refractivity contribution in [3.05, 3.63) is 18.7 Å². The zero-order chi connectivity index (χ0) is 14.6. The molecule has 0 radical (unpaired) electrons. The van der Waals surface area contributed by atoms with E-state index in [2.05, 4.69) is 14.9 Å². The summed E-state index contributed by atoms with van der Waals surface area (Å²) in [5, 5.41) is 3.00. The van der Waals surface area contributed by atoms with Gasteiger partial charge in [-0.1, -0.05) is 6.42 Å². The number of nitrogens with one attached hydrogen (secondary N) is 1. The second-order valence-corrected chi connectivity index (χ2v) is 6.64. The molecule has 0 aliphatic heterocycles. The molecule has 112 valence electrons. The van der Waals surface area contributed by atoms with Crippen LogP contribution in [0.15, 0.2) is 18.7 Å². The molecular formula is C15H25N3O2. The third-order valence-electron chi connectivity index (χ3n) is 3.53. The van der Waals surface area contributed by atoms with E-state index in [9.17, 15) is 4.79 Å². The van der Waals surface area contributed by atoms with Gasteiger partial charge in [-0.05, 0) is 46.0 Å². The van der Waals surface area contributed by atoms with Gasteiger partial charge in [0.15, 0.2) is 0 Å². The number of carbonyl (C=O) groups is 1. The molecule has 2 rings (SSSR count). The molecule has 1 aromatic heterocycles. The summed E-state index contributed by atoms with van der Waals surface area (Å²) < 4.78 is 7.43. The van der Waals surface area contributed by atoms with E-state index in [0.717, 1.165) is 25.8 Å². The van der Waals surface area contributed by atoms with Crippen molar-refractivity contribution in [2.75, 3.05) is 0 Å². The molecule has 1 aliphatic rings. The quantitative estimate of drug-likeness (QED) is 0.925. The highest BCUT2D eigenvalue weighted by atomic mass is 16.6. The van der Waals surface area contributed by atoms with Gasteiger partial charge in [-0.15, -0.1) is 0 Å². The highest BCUT2D eigenvalue weighted by Gasteiger charge is 2.25. The first-order valence-corrected chi connectivity index (χ1v) is 7.37. The fourth-order valence-electron chi connectivity index (χ4n) is 2.76. The molecule has 1 amide bonds. The van der Waals surface area contributed by atoms with Crippen molar-refractivity contribution < 1.29 is 9.53 Å². The highest BCUT2D eigenvalue weighted by molar-refractivity contribution is 5.68. The Labute approximate surface area is 120 Å². The Hall–Kier alpha value is -1.52. The molecule has 5 nitrogen and oxygen atoms in total. The van der Waals surface area contributed by atoms with Crippen molar-refractivity contribution in [3.63, 3.8) is 0 Å². The number of nitrogens with zero attached hydrogens (tertiary/aromatic N) is 2. The summed E-state index contributed by atoms with van der Waals surface area (Å²) in [4.78, 5) is 15.9. The summed E-state index contributed by atoms with van der Waals surface area (Å²) in [5.74, 6) is 0.595. The van der Waals surface area contributed by atoms with Crippen molar-refractivity contribution >= 4 is 6.09 Å². The van der Waals surface area contributed by atoms with Crippen molar-refractivity contribution in [3.8, 4) is 0 Å². The zero-order valence-electron chi connectivity index (χ0n) is 12.6. The first kappa shape index (κ1) is 14.9. The van der Waals surface area contributed by atoms with Gasteiger partial charge in [-0.3, -0.25) is 0 Å². The van der Waals surface area contributed by atoms with Crippen LogP contribution in [0.25, 0.3) is 0 Å². The van der Waals surface area contributed by atoms with Crippen LogP contribution in [0.5, 0.6) is 0 Å². The second-order valence-electron chi connectivity index (χ2n) is 6.64. The molecule has 1 fully saturated rings. The Morgan fingerprint density at radius 1 is 1.45 bits per heavy atom. The van der Waals surface area contributed by atoms with Crippen LogP contribution in [0, 0.1) is 5.92 Å². The number of ether oxygens (including phenoxy) is 1. The van der Waals surface area contributed by atoms with E-state index >= 15 is 0 Å². The second kappa shape index (κ2) is 6.29. The van der Waals surface area contributed by atoms with Gasteiger partial charge in [0.25, 0.3) is 0 Å². The van der Waals surface area contributed by atoms with Gasteiger partial charge < -0.3 is 14.6 Å². The summed E-state index contributed by atoms with van der Waals surface area (Å²) in [6, 6.07) is 0.229. The van der Waals surface area contributed by atoms with E-state index in [-0.39, 0.29) is 12.1 Å². The molecule has 0 saturated heterocycles. The lowest BCUT2D eigenvalue weighted by Gasteiger charge is -2.30. The lowest BCUT2D eigenvalue weighted by molar-refractivity contribution is 0.0483.